The predicted octanol–water partition coefficient (Wildman–Crippen LogP) is 3.05. The minimum absolute atomic E-state index is 0.158. The third kappa shape index (κ3) is 5.86. The zero-order chi connectivity index (χ0) is 28.8. The summed E-state index contributed by atoms with van der Waals surface area (Å²) < 4.78 is 18.1. The molecule has 4 rings (SSSR count). The molecule has 0 N–H and O–H groups in total. The Labute approximate surface area is 236 Å². The Morgan fingerprint density at radius 3 is 2.42 bits per heavy atom. The summed E-state index contributed by atoms with van der Waals surface area (Å²) >= 11 is 1.27. The van der Waals surface area contributed by atoms with Crippen LogP contribution in [-0.4, -0.2) is 54.8 Å². The highest BCUT2D eigenvalue weighted by Crippen LogP contribution is 2.36. The molecular weight excluding hydrogens is 530 g/mol. The number of amides is 1. The van der Waals surface area contributed by atoms with E-state index in [1.165, 1.54) is 11.3 Å². The molecule has 1 aromatic heterocycles. The smallest absolute Gasteiger partial charge is 0.344 e. The number of thiazole rings is 1. The van der Waals surface area contributed by atoms with Crippen molar-refractivity contribution in [2.24, 2.45) is 4.99 Å². The summed E-state index contributed by atoms with van der Waals surface area (Å²) in [4.78, 5) is 46.2. The van der Waals surface area contributed by atoms with Crippen LogP contribution in [0.4, 0.5) is 0 Å². The van der Waals surface area contributed by atoms with Crippen LogP contribution in [0.1, 0.15) is 44.9 Å². The standard InChI is InChI=1S/C30H33N3O6S/c1-6-32(7-2)29(36)26-19(4)31-30-33(27(26)22-11-9-10-12-23(22)37-5)28(35)24(40-30)17-20-13-15-21(16-14-20)39-18-25(34)38-8-3/h9-17,27H,6-8,18H2,1-5H3/b24-17+/t27-/m0/s1. The maximum Gasteiger partial charge on any atom is 0.344 e. The molecule has 1 atom stereocenters. The second kappa shape index (κ2) is 12.8. The van der Waals surface area contributed by atoms with Gasteiger partial charge in [0.1, 0.15) is 17.5 Å². The molecule has 1 aliphatic heterocycles. The number of nitrogens with zero attached hydrogens (tertiary/aromatic N) is 3. The Bertz CT molecular complexity index is 1600. The lowest BCUT2D eigenvalue weighted by atomic mass is 9.94. The minimum atomic E-state index is -0.693. The number of aromatic nitrogens is 1. The third-order valence-corrected chi connectivity index (χ3v) is 7.56. The van der Waals surface area contributed by atoms with Crippen LogP contribution in [0, 0.1) is 0 Å². The van der Waals surface area contributed by atoms with E-state index in [-0.39, 0.29) is 18.1 Å². The van der Waals surface area contributed by atoms with Crippen LogP contribution in [0.15, 0.2) is 69.6 Å². The molecule has 0 aliphatic carbocycles. The molecule has 0 spiro atoms. The summed E-state index contributed by atoms with van der Waals surface area (Å²) in [5.74, 6) is 0.499. The van der Waals surface area contributed by atoms with Gasteiger partial charge in [-0.15, -0.1) is 0 Å². The van der Waals surface area contributed by atoms with Crippen molar-refractivity contribution < 1.29 is 23.8 Å². The van der Waals surface area contributed by atoms with Crippen molar-refractivity contribution in [3.05, 3.63) is 90.6 Å². The molecule has 0 saturated heterocycles. The SMILES string of the molecule is CCOC(=O)COc1ccc(/C=c2/sc3n(c2=O)[C@@H](c2ccccc2OC)C(C(=O)N(CC)CC)=C(C)N=3)cc1. The fraction of sp³-hybridized carbons (Fsp3) is 0.333. The number of hydrogen-bond acceptors (Lipinski definition) is 8. The third-order valence-electron chi connectivity index (χ3n) is 6.58. The molecular formula is C30H33N3O6S. The number of fused-ring (bicyclic) bond motifs is 1. The molecule has 0 fully saturated rings. The molecule has 0 unspecified atom stereocenters. The molecule has 0 saturated carbocycles. The summed E-state index contributed by atoms with van der Waals surface area (Å²) in [6.45, 7) is 8.59. The molecule has 3 aromatic rings. The Balaban J connectivity index is 1.79. The van der Waals surface area contributed by atoms with Gasteiger partial charge in [-0.3, -0.25) is 14.2 Å². The molecule has 2 aromatic carbocycles. The molecule has 210 valence electrons. The van der Waals surface area contributed by atoms with E-state index < -0.39 is 12.0 Å². The highest BCUT2D eigenvalue weighted by molar-refractivity contribution is 7.07. The fourth-order valence-corrected chi connectivity index (χ4v) is 5.67. The van der Waals surface area contributed by atoms with Crippen molar-refractivity contribution in [2.75, 3.05) is 33.4 Å². The molecule has 40 heavy (non-hydrogen) atoms. The summed E-state index contributed by atoms with van der Waals surface area (Å²) in [5.41, 5.74) is 2.27. The average Bonchev–Trinajstić information content (AvgIpc) is 3.26. The van der Waals surface area contributed by atoms with Crippen LogP contribution in [0.5, 0.6) is 11.5 Å². The van der Waals surface area contributed by atoms with Gasteiger partial charge in [-0.25, -0.2) is 9.79 Å². The first-order chi connectivity index (χ1) is 19.3. The largest absolute Gasteiger partial charge is 0.496 e. The van der Waals surface area contributed by atoms with E-state index in [0.29, 0.717) is 57.4 Å². The van der Waals surface area contributed by atoms with Gasteiger partial charge in [-0.2, -0.15) is 0 Å². The number of carbonyl (C=O) groups is 2. The summed E-state index contributed by atoms with van der Waals surface area (Å²) in [6.07, 6.45) is 1.78. The van der Waals surface area contributed by atoms with Crippen molar-refractivity contribution in [3.8, 4) is 11.5 Å². The Morgan fingerprint density at radius 2 is 1.77 bits per heavy atom. The van der Waals surface area contributed by atoms with Crippen LogP contribution in [0.25, 0.3) is 6.08 Å². The first-order valence-electron chi connectivity index (χ1n) is 13.2. The van der Waals surface area contributed by atoms with Gasteiger partial charge in [0.2, 0.25) is 0 Å². The maximum absolute atomic E-state index is 13.9. The molecule has 1 amide bonds. The van der Waals surface area contributed by atoms with E-state index in [2.05, 4.69) is 0 Å². The van der Waals surface area contributed by atoms with E-state index in [1.807, 2.05) is 45.0 Å². The van der Waals surface area contributed by atoms with Crippen molar-refractivity contribution in [2.45, 2.75) is 33.7 Å². The van der Waals surface area contributed by atoms with Gasteiger partial charge in [0.05, 0.1) is 29.5 Å². The number of carbonyl (C=O) groups excluding carboxylic acids is 2. The van der Waals surface area contributed by atoms with Crippen LogP contribution in [-0.2, 0) is 14.3 Å². The summed E-state index contributed by atoms with van der Waals surface area (Å²) in [6, 6.07) is 13.8. The van der Waals surface area contributed by atoms with Gasteiger partial charge < -0.3 is 19.1 Å². The van der Waals surface area contributed by atoms with E-state index in [0.717, 1.165) is 5.56 Å². The van der Waals surface area contributed by atoms with Gasteiger partial charge in [-0.1, -0.05) is 41.7 Å². The molecule has 9 nitrogen and oxygen atoms in total. The van der Waals surface area contributed by atoms with Crippen molar-refractivity contribution >= 4 is 29.3 Å². The number of benzene rings is 2. The van der Waals surface area contributed by atoms with E-state index in [1.54, 1.807) is 53.8 Å². The van der Waals surface area contributed by atoms with E-state index in [9.17, 15) is 14.4 Å². The number of methoxy groups -OCH3 is 1. The first kappa shape index (κ1) is 28.8. The lowest BCUT2D eigenvalue weighted by Gasteiger charge is -2.29. The molecule has 2 heterocycles. The number of esters is 1. The highest BCUT2D eigenvalue weighted by atomic mass is 32.1. The maximum atomic E-state index is 13.9. The molecule has 10 heteroatoms. The highest BCUT2D eigenvalue weighted by Gasteiger charge is 2.35. The van der Waals surface area contributed by atoms with Crippen LogP contribution >= 0.6 is 11.3 Å². The van der Waals surface area contributed by atoms with E-state index >= 15 is 0 Å². The monoisotopic (exact) mass is 563 g/mol. The van der Waals surface area contributed by atoms with Crippen molar-refractivity contribution in [1.29, 1.82) is 0 Å². The Morgan fingerprint density at radius 1 is 1.07 bits per heavy atom. The lowest BCUT2D eigenvalue weighted by molar-refractivity contribution is -0.145. The van der Waals surface area contributed by atoms with Gasteiger partial charge in [0.15, 0.2) is 11.4 Å². The zero-order valence-electron chi connectivity index (χ0n) is 23.3. The van der Waals surface area contributed by atoms with Gasteiger partial charge in [0, 0.05) is 18.7 Å². The molecule has 1 aliphatic rings. The second-order valence-corrected chi connectivity index (χ2v) is 9.97. The lowest BCUT2D eigenvalue weighted by Crippen LogP contribution is -2.43. The summed E-state index contributed by atoms with van der Waals surface area (Å²) in [7, 11) is 1.57. The minimum Gasteiger partial charge on any atom is -0.496 e. The second-order valence-electron chi connectivity index (χ2n) is 8.96. The number of para-hydroxylation sites is 1. The number of ether oxygens (including phenoxy) is 3. The zero-order valence-corrected chi connectivity index (χ0v) is 24.1. The van der Waals surface area contributed by atoms with Crippen molar-refractivity contribution in [3.63, 3.8) is 0 Å². The quantitative estimate of drug-likeness (QED) is 0.352. The van der Waals surface area contributed by atoms with E-state index in [4.69, 9.17) is 19.2 Å². The number of hydrogen-bond donors (Lipinski definition) is 0. The Hall–Kier alpha value is -4.18. The number of allylic oxidation sites excluding steroid dienone is 1. The normalized spacial score (nSPS) is 14.8. The van der Waals surface area contributed by atoms with Gasteiger partial charge >= 0.3 is 5.97 Å². The average molecular weight is 564 g/mol. The van der Waals surface area contributed by atoms with Crippen molar-refractivity contribution in [1.82, 2.24) is 9.47 Å². The first-order valence-corrected chi connectivity index (χ1v) is 14.0. The number of likely N-dealkylation sites (N-methyl/N-ethyl adjacent to an activating group) is 1. The Kier molecular flexibility index (Phi) is 9.21. The van der Waals surface area contributed by atoms with Crippen LogP contribution in [0.3, 0.4) is 0 Å². The van der Waals surface area contributed by atoms with Gasteiger partial charge in [-0.05, 0) is 57.5 Å². The predicted molar refractivity (Wildman–Crippen MR) is 153 cm³/mol. The topological polar surface area (TPSA) is 99.4 Å². The van der Waals surface area contributed by atoms with Crippen LogP contribution < -0.4 is 24.4 Å². The fourth-order valence-electron chi connectivity index (χ4n) is 4.62. The van der Waals surface area contributed by atoms with Gasteiger partial charge in [0.25, 0.3) is 11.5 Å². The molecule has 0 radical (unpaired) electrons. The number of rotatable bonds is 10. The molecule has 0 bridgehead atoms. The summed E-state index contributed by atoms with van der Waals surface area (Å²) in [5, 5.41) is 0. The van der Waals surface area contributed by atoms with Crippen LogP contribution in [0.2, 0.25) is 0 Å².